The van der Waals surface area contributed by atoms with E-state index in [4.69, 9.17) is 5.73 Å². The van der Waals surface area contributed by atoms with Crippen LogP contribution in [0.25, 0.3) is 0 Å². The van der Waals surface area contributed by atoms with Gasteiger partial charge in [0.2, 0.25) is 10.0 Å². The summed E-state index contributed by atoms with van der Waals surface area (Å²) in [6.07, 6.45) is 0. The van der Waals surface area contributed by atoms with E-state index in [0.717, 1.165) is 16.9 Å². The summed E-state index contributed by atoms with van der Waals surface area (Å²) in [6, 6.07) is 14.2. The number of benzene rings is 2. The van der Waals surface area contributed by atoms with Crippen LogP contribution in [0, 0.1) is 0 Å². The Balaban J connectivity index is 2.10. The van der Waals surface area contributed by atoms with Crippen molar-refractivity contribution in [1.82, 2.24) is 4.72 Å². The summed E-state index contributed by atoms with van der Waals surface area (Å²) in [4.78, 5) is 0.253. The van der Waals surface area contributed by atoms with Crippen LogP contribution in [0.5, 0.6) is 0 Å². The fourth-order valence-corrected chi connectivity index (χ4v) is 3.29. The molecule has 0 aliphatic rings. The van der Waals surface area contributed by atoms with Gasteiger partial charge in [-0.2, -0.15) is 0 Å². The lowest BCUT2D eigenvalue weighted by atomic mass is 10.2. The molecule has 5 nitrogen and oxygen atoms in total. The highest BCUT2D eigenvalue weighted by atomic mass is 32.2. The zero-order valence-corrected chi connectivity index (χ0v) is 13.5. The molecule has 2 aromatic carbocycles. The molecule has 0 aliphatic carbocycles. The van der Waals surface area contributed by atoms with Crippen LogP contribution in [0.3, 0.4) is 0 Å². The molecule has 0 amide bonds. The first-order chi connectivity index (χ1) is 10.4. The average molecular weight is 319 g/mol. The molecule has 0 heterocycles. The second kappa shape index (κ2) is 6.81. The highest BCUT2D eigenvalue weighted by Gasteiger charge is 2.15. The molecule has 0 unspecified atom stereocenters. The maximum atomic E-state index is 12.2. The van der Waals surface area contributed by atoms with E-state index in [0.29, 0.717) is 6.54 Å². The van der Waals surface area contributed by atoms with Crippen LogP contribution in [0.15, 0.2) is 53.4 Å². The zero-order valence-electron chi connectivity index (χ0n) is 12.7. The summed E-state index contributed by atoms with van der Waals surface area (Å²) in [5, 5.41) is 3.21. The van der Waals surface area contributed by atoms with Gasteiger partial charge in [0.1, 0.15) is 0 Å². The van der Waals surface area contributed by atoms with Crippen LogP contribution in [0.1, 0.15) is 19.4 Å². The maximum Gasteiger partial charge on any atom is 0.240 e. The van der Waals surface area contributed by atoms with Crippen LogP contribution in [-0.4, -0.2) is 14.5 Å². The molecule has 4 N–H and O–H groups in total. The number of hydrogen-bond donors (Lipinski definition) is 3. The molecule has 6 heteroatoms. The maximum absolute atomic E-state index is 12.2. The second-order valence-corrected chi connectivity index (χ2v) is 7.11. The molecule has 0 fully saturated rings. The summed E-state index contributed by atoms with van der Waals surface area (Å²) < 4.78 is 26.9. The summed E-state index contributed by atoms with van der Waals surface area (Å²) in [7, 11) is -3.48. The van der Waals surface area contributed by atoms with Gasteiger partial charge < -0.3 is 11.1 Å². The van der Waals surface area contributed by atoms with Crippen molar-refractivity contribution in [1.29, 1.82) is 0 Å². The van der Waals surface area contributed by atoms with Crippen LogP contribution < -0.4 is 15.8 Å². The molecule has 0 aromatic heterocycles. The SMILES string of the molecule is CC(C)NS(=O)(=O)c1cccc(NCc2ccc(N)cc2)c1. The lowest BCUT2D eigenvalue weighted by Gasteiger charge is -2.12. The monoisotopic (exact) mass is 319 g/mol. The molecule has 118 valence electrons. The van der Waals surface area contributed by atoms with E-state index in [1.165, 1.54) is 0 Å². The topological polar surface area (TPSA) is 84.2 Å². The van der Waals surface area contributed by atoms with E-state index in [2.05, 4.69) is 10.0 Å². The minimum Gasteiger partial charge on any atom is -0.399 e. The molecular weight excluding hydrogens is 298 g/mol. The summed E-state index contributed by atoms with van der Waals surface area (Å²) in [6.45, 7) is 4.18. The van der Waals surface area contributed by atoms with Crippen molar-refractivity contribution < 1.29 is 8.42 Å². The van der Waals surface area contributed by atoms with Crippen molar-refractivity contribution in [3.8, 4) is 0 Å². The quantitative estimate of drug-likeness (QED) is 0.715. The molecule has 0 aliphatic heterocycles. The van der Waals surface area contributed by atoms with Gasteiger partial charge in [0.15, 0.2) is 0 Å². The van der Waals surface area contributed by atoms with Gasteiger partial charge in [-0.05, 0) is 49.7 Å². The molecular formula is C16H21N3O2S. The van der Waals surface area contributed by atoms with Crippen LogP contribution in [0.2, 0.25) is 0 Å². The number of nitrogens with two attached hydrogens (primary N) is 1. The van der Waals surface area contributed by atoms with Gasteiger partial charge in [-0.3, -0.25) is 0 Å². The normalized spacial score (nSPS) is 11.6. The predicted molar refractivity (Wildman–Crippen MR) is 90.1 cm³/mol. The third-order valence-corrected chi connectivity index (χ3v) is 4.67. The molecule has 0 saturated heterocycles. The summed E-state index contributed by atoms with van der Waals surface area (Å²) >= 11 is 0. The Morgan fingerprint density at radius 3 is 2.41 bits per heavy atom. The fraction of sp³-hybridized carbons (Fsp3) is 0.250. The van der Waals surface area contributed by atoms with Gasteiger partial charge in [-0.1, -0.05) is 18.2 Å². The first kappa shape index (κ1) is 16.3. The second-order valence-electron chi connectivity index (χ2n) is 5.40. The number of rotatable bonds is 6. The molecule has 0 atom stereocenters. The van der Waals surface area contributed by atoms with Gasteiger partial charge in [-0.15, -0.1) is 0 Å². The number of hydrogen-bond acceptors (Lipinski definition) is 4. The highest BCUT2D eigenvalue weighted by molar-refractivity contribution is 7.89. The molecule has 0 bridgehead atoms. The van der Waals surface area contributed by atoms with Crippen molar-refractivity contribution in [3.63, 3.8) is 0 Å². The molecule has 2 aromatic rings. The third kappa shape index (κ3) is 4.47. The Bertz CT molecular complexity index is 725. The van der Waals surface area contributed by atoms with Crippen LogP contribution in [0.4, 0.5) is 11.4 Å². The van der Waals surface area contributed by atoms with E-state index in [9.17, 15) is 8.42 Å². The van der Waals surface area contributed by atoms with Crippen LogP contribution >= 0.6 is 0 Å². The van der Waals surface area contributed by atoms with Crippen molar-refractivity contribution in [2.45, 2.75) is 31.3 Å². The van der Waals surface area contributed by atoms with Gasteiger partial charge in [0.05, 0.1) is 4.90 Å². The summed E-state index contributed by atoms with van der Waals surface area (Å²) in [5.41, 5.74) is 8.19. The van der Waals surface area contributed by atoms with E-state index in [1.807, 2.05) is 30.3 Å². The predicted octanol–water partition coefficient (Wildman–Crippen LogP) is 2.57. The Labute approximate surface area is 131 Å². The Morgan fingerprint density at radius 1 is 1.09 bits per heavy atom. The van der Waals surface area contributed by atoms with Crippen molar-refractivity contribution >= 4 is 21.4 Å². The van der Waals surface area contributed by atoms with Crippen molar-refractivity contribution in [2.75, 3.05) is 11.1 Å². The highest BCUT2D eigenvalue weighted by Crippen LogP contribution is 2.17. The van der Waals surface area contributed by atoms with E-state index >= 15 is 0 Å². The van der Waals surface area contributed by atoms with Crippen LogP contribution in [-0.2, 0) is 16.6 Å². The Kier molecular flexibility index (Phi) is 5.05. The minimum atomic E-state index is -3.48. The van der Waals surface area contributed by atoms with Gasteiger partial charge in [-0.25, -0.2) is 13.1 Å². The van der Waals surface area contributed by atoms with Gasteiger partial charge in [0.25, 0.3) is 0 Å². The minimum absolute atomic E-state index is 0.142. The molecule has 0 saturated carbocycles. The van der Waals surface area contributed by atoms with Crippen molar-refractivity contribution in [2.24, 2.45) is 0 Å². The Morgan fingerprint density at radius 2 is 1.77 bits per heavy atom. The zero-order chi connectivity index (χ0) is 16.2. The van der Waals surface area contributed by atoms with Gasteiger partial charge in [0, 0.05) is 24.0 Å². The number of sulfonamides is 1. The molecule has 2 rings (SSSR count). The first-order valence-electron chi connectivity index (χ1n) is 7.07. The Hall–Kier alpha value is -2.05. The van der Waals surface area contributed by atoms with E-state index in [-0.39, 0.29) is 10.9 Å². The summed E-state index contributed by atoms with van der Waals surface area (Å²) in [5.74, 6) is 0. The fourth-order valence-electron chi connectivity index (χ4n) is 1.99. The van der Waals surface area contributed by atoms with Gasteiger partial charge >= 0.3 is 0 Å². The number of anilines is 2. The van der Waals surface area contributed by atoms with E-state index < -0.39 is 10.0 Å². The largest absolute Gasteiger partial charge is 0.399 e. The molecule has 0 spiro atoms. The van der Waals surface area contributed by atoms with Crippen molar-refractivity contribution in [3.05, 3.63) is 54.1 Å². The molecule has 0 radical (unpaired) electrons. The van der Waals surface area contributed by atoms with E-state index in [1.54, 1.807) is 32.0 Å². The first-order valence-corrected chi connectivity index (χ1v) is 8.56. The smallest absolute Gasteiger partial charge is 0.240 e. The number of nitrogen functional groups attached to an aromatic ring is 1. The third-order valence-electron chi connectivity index (χ3n) is 3.01. The molecule has 22 heavy (non-hydrogen) atoms. The lowest BCUT2D eigenvalue weighted by molar-refractivity contribution is 0.570. The number of nitrogens with one attached hydrogen (secondary N) is 2. The lowest BCUT2D eigenvalue weighted by Crippen LogP contribution is -2.30. The average Bonchev–Trinajstić information content (AvgIpc) is 2.46. The standard InChI is InChI=1S/C16H21N3O2S/c1-12(2)19-22(20,21)16-5-3-4-15(10-16)18-11-13-6-8-14(17)9-7-13/h3-10,12,18-19H,11,17H2,1-2H3.